The van der Waals surface area contributed by atoms with Crippen molar-refractivity contribution in [2.75, 3.05) is 13.2 Å². The summed E-state index contributed by atoms with van der Waals surface area (Å²) in [5.41, 5.74) is 0.465. The Hall–Kier alpha value is -1.62. The number of carbonyl (C=O) groups is 2. The average molecular weight is 274 g/mol. The second kappa shape index (κ2) is 8.47. The van der Waals surface area contributed by atoms with E-state index in [1.165, 1.54) is 0 Å². The fraction of sp³-hybridized carbons (Fsp3) is 0.417. The Labute approximate surface area is 112 Å². The van der Waals surface area contributed by atoms with Crippen LogP contribution in [0.1, 0.15) is 24.2 Å². The van der Waals surface area contributed by atoms with Crippen molar-refractivity contribution in [2.45, 2.75) is 20.4 Å². The van der Waals surface area contributed by atoms with Gasteiger partial charge in [0.1, 0.15) is 0 Å². The van der Waals surface area contributed by atoms with Crippen molar-refractivity contribution in [3.8, 4) is 0 Å². The third-order valence-electron chi connectivity index (χ3n) is 2.02. The fourth-order valence-electron chi connectivity index (χ4n) is 1.27. The van der Waals surface area contributed by atoms with Gasteiger partial charge in [-0.05, 0) is 13.8 Å². The number of nitrogens with zero attached hydrogens (tertiary/aromatic N) is 1. The molecule has 0 saturated carbocycles. The normalized spacial score (nSPS) is 9.22. The molecular weight excluding hydrogens is 258 g/mol. The van der Waals surface area contributed by atoms with Crippen LogP contribution in [0.2, 0.25) is 0 Å². The van der Waals surface area contributed by atoms with Gasteiger partial charge in [-0.3, -0.25) is 0 Å². The van der Waals surface area contributed by atoms with E-state index in [9.17, 15) is 9.59 Å². The van der Waals surface area contributed by atoms with Crippen molar-refractivity contribution < 1.29 is 36.0 Å². The van der Waals surface area contributed by atoms with Gasteiger partial charge >= 0.3 is 11.9 Å². The lowest BCUT2D eigenvalue weighted by molar-refractivity contribution is -0.686. The lowest BCUT2D eigenvalue weighted by atomic mass is 10.3. The summed E-state index contributed by atoms with van der Waals surface area (Å²) in [7, 11) is 0. The van der Waals surface area contributed by atoms with Gasteiger partial charge < -0.3 is 21.9 Å². The molecule has 0 aliphatic heterocycles. The van der Waals surface area contributed by atoms with Crippen LogP contribution in [-0.4, -0.2) is 25.2 Å². The van der Waals surface area contributed by atoms with Crippen molar-refractivity contribution in [1.29, 1.82) is 0 Å². The molecule has 0 bridgehead atoms. The largest absolute Gasteiger partial charge is 1.00 e. The maximum atomic E-state index is 11.4. The van der Waals surface area contributed by atoms with Crippen molar-refractivity contribution in [3.63, 3.8) is 0 Å². The first kappa shape index (κ1) is 16.4. The summed E-state index contributed by atoms with van der Waals surface area (Å²) in [5.74, 6) is -0.669. The maximum Gasteiger partial charge on any atom is 0.372 e. The number of pyridine rings is 1. The van der Waals surface area contributed by atoms with Crippen LogP contribution in [0.3, 0.4) is 0 Å². The molecule has 1 aromatic rings. The molecule has 5 nitrogen and oxygen atoms in total. The number of halogens is 1. The number of ether oxygens (including phenoxy) is 2. The van der Waals surface area contributed by atoms with E-state index in [1.807, 2.05) is 0 Å². The van der Waals surface area contributed by atoms with E-state index in [0.29, 0.717) is 18.8 Å². The summed E-state index contributed by atoms with van der Waals surface area (Å²) >= 11 is 0. The van der Waals surface area contributed by atoms with Gasteiger partial charge in [0.25, 0.3) is 0 Å². The first-order chi connectivity index (χ1) is 8.17. The third-order valence-corrected chi connectivity index (χ3v) is 2.02. The molecule has 100 valence electrons. The van der Waals surface area contributed by atoms with Crippen LogP contribution in [0.5, 0.6) is 0 Å². The molecule has 0 fully saturated rings. The summed E-state index contributed by atoms with van der Waals surface area (Å²) in [5, 5.41) is 0. The zero-order chi connectivity index (χ0) is 12.7. The minimum absolute atomic E-state index is 0. The summed E-state index contributed by atoms with van der Waals surface area (Å²) in [4.78, 5) is 22.6. The molecule has 6 heteroatoms. The van der Waals surface area contributed by atoms with Crippen LogP contribution in [0.4, 0.5) is 0 Å². The molecule has 1 heterocycles. The second-order valence-corrected chi connectivity index (χ2v) is 3.28. The SMILES string of the molecule is CCOC(=O)C[n+]1ccc(C(=O)OCC)cc1.[Cl-]. The first-order valence-corrected chi connectivity index (χ1v) is 5.49. The summed E-state index contributed by atoms with van der Waals surface area (Å²) < 4.78 is 11.3. The Morgan fingerprint density at radius 3 is 2.17 bits per heavy atom. The molecule has 0 N–H and O–H groups in total. The van der Waals surface area contributed by atoms with E-state index in [-0.39, 0.29) is 30.9 Å². The van der Waals surface area contributed by atoms with Gasteiger partial charge in [-0.1, -0.05) is 0 Å². The van der Waals surface area contributed by atoms with Gasteiger partial charge in [-0.2, -0.15) is 4.57 Å². The van der Waals surface area contributed by atoms with Crippen LogP contribution in [-0.2, 0) is 20.8 Å². The number of hydrogen-bond acceptors (Lipinski definition) is 4. The Balaban J connectivity index is 0.00000289. The van der Waals surface area contributed by atoms with Crippen LogP contribution in [0.15, 0.2) is 24.5 Å². The smallest absolute Gasteiger partial charge is 0.372 e. The lowest BCUT2D eigenvalue weighted by Crippen LogP contribution is -3.00. The monoisotopic (exact) mass is 273 g/mol. The minimum atomic E-state index is -0.365. The van der Waals surface area contributed by atoms with Crippen molar-refractivity contribution in [1.82, 2.24) is 0 Å². The number of aromatic nitrogens is 1. The molecule has 0 radical (unpaired) electrons. The zero-order valence-corrected chi connectivity index (χ0v) is 11.1. The molecule has 18 heavy (non-hydrogen) atoms. The number of rotatable bonds is 5. The van der Waals surface area contributed by atoms with E-state index in [2.05, 4.69) is 0 Å². The third kappa shape index (κ3) is 5.14. The average Bonchev–Trinajstić information content (AvgIpc) is 2.30. The molecule has 0 aliphatic rings. The predicted octanol–water partition coefficient (Wildman–Crippen LogP) is -2.28. The molecule has 0 atom stereocenters. The molecule has 0 saturated heterocycles. The van der Waals surface area contributed by atoms with Crippen molar-refractivity contribution in [3.05, 3.63) is 30.1 Å². The minimum Gasteiger partial charge on any atom is -1.00 e. The Morgan fingerprint density at radius 2 is 1.67 bits per heavy atom. The molecule has 0 amide bonds. The summed E-state index contributed by atoms with van der Waals surface area (Å²) in [6, 6.07) is 3.22. The summed E-state index contributed by atoms with van der Waals surface area (Å²) in [6.45, 7) is 4.35. The standard InChI is InChI=1S/C12H16NO4.ClH/c1-3-16-11(14)9-13-7-5-10(6-8-13)12(15)17-4-2;/h5-8H,3-4,9H2,1-2H3;1H/q+1;/p-1. The summed E-state index contributed by atoms with van der Waals surface area (Å²) in [6.07, 6.45) is 3.28. The highest BCUT2D eigenvalue weighted by Gasteiger charge is 2.12. The van der Waals surface area contributed by atoms with Crippen molar-refractivity contribution in [2.24, 2.45) is 0 Å². The van der Waals surface area contributed by atoms with E-state index >= 15 is 0 Å². The highest BCUT2D eigenvalue weighted by molar-refractivity contribution is 5.88. The molecule has 0 aromatic carbocycles. The van der Waals surface area contributed by atoms with Gasteiger partial charge in [0.2, 0.25) is 6.54 Å². The zero-order valence-electron chi connectivity index (χ0n) is 10.4. The highest BCUT2D eigenvalue weighted by Crippen LogP contribution is 1.98. The lowest BCUT2D eigenvalue weighted by Gasteiger charge is -2.01. The quantitative estimate of drug-likeness (QED) is 0.448. The number of hydrogen-bond donors (Lipinski definition) is 0. The molecule has 1 rings (SSSR count). The Bertz CT molecular complexity index is 392. The Morgan fingerprint density at radius 1 is 1.11 bits per heavy atom. The van der Waals surface area contributed by atoms with E-state index < -0.39 is 0 Å². The predicted molar refractivity (Wildman–Crippen MR) is 59.2 cm³/mol. The van der Waals surface area contributed by atoms with E-state index in [1.54, 1.807) is 42.9 Å². The van der Waals surface area contributed by atoms with Gasteiger partial charge in [-0.25, -0.2) is 9.59 Å². The number of esters is 2. The first-order valence-electron chi connectivity index (χ1n) is 5.49. The van der Waals surface area contributed by atoms with Gasteiger partial charge in [0, 0.05) is 12.1 Å². The molecule has 0 unspecified atom stereocenters. The van der Waals surface area contributed by atoms with E-state index in [0.717, 1.165) is 0 Å². The molecule has 1 aromatic heterocycles. The number of carbonyl (C=O) groups excluding carboxylic acids is 2. The molecule has 0 spiro atoms. The van der Waals surface area contributed by atoms with Gasteiger partial charge in [-0.15, -0.1) is 0 Å². The van der Waals surface area contributed by atoms with Gasteiger partial charge in [0.15, 0.2) is 12.4 Å². The van der Waals surface area contributed by atoms with Crippen LogP contribution in [0, 0.1) is 0 Å². The molecule has 0 aliphatic carbocycles. The van der Waals surface area contributed by atoms with Crippen LogP contribution >= 0.6 is 0 Å². The van der Waals surface area contributed by atoms with Crippen molar-refractivity contribution >= 4 is 11.9 Å². The van der Waals surface area contributed by atoms with Crippen LogP contribution < -0.4 is 17.0 Å². The van der Waals surface area contributed by atoms with Crippen LogP contribution in [0.25, 0.3) is 0 Å². The molecular formula is C12H16ClNO4. The topological polar surface area (TPSA) is 56.5 Å². The Kier molecular flexibility index (Phi) is 7.71. The second-order valence-electron chi connectivity index (χ2n) is 3.28. The maximum absolute atomic E-state index is 11.4. The fourth-order valence-corrected chi connectivity index (χ4v) is 1.27. The highest BCUT2D eigenvalue weighted by atomic mass is 35.5. The van der Waals surface area contributed by atoms with E-state index in [4.69, 9.17) is 9.47 Å². The van der Waals surface area contributed by atoms with Gasteiger partial charge in [0.05, 0.1) is 18.8 Å².